The van der Waals surface area contributed by atoms with E-state index in [0.717, 1.165) is 6.42 Å². The number of hydrogen-bond acceptors (Lipinski definition) is 6. The van der Waals surface area contributed by atoms with Crippen LogP contribution in [0.15, 0.2) is 36.5 Å². The average Bonchev–Trinajstić information content (AvgIpc) is 2.62. The second-order valence-corrected chi connectivity index (χ2v) is 5.47. The zero-order valence-corrected chi connectivity index (χ0v) is 14.6. The molecule has 0 fully saturated rings. The van der Waals surface area contributed by atoms with Crippen LogP contribution >= 0.6 is 0 Å². The van der Waals surface area contributed by atoms with Gasteiger partial charge in [0.15, 0.2) is 0 Å². The summed E-state index contributed by atoms with van der Waals surface area (Å²) in [7, 11) is 0. The fourth-order valence-corrected chi connectivity index (χ4v) is 1.98. The fraction of sp³-hybridized carbons (Fsp3) is 0.333. The molecule has 0 saturated carbocycles. The lowest BCUT2D eigenvalue weighted by Crippen LogP contribution is -2.19. The number of anilines is 2. The van der Waals surface area contributed by atoms with Gasteiger partial charge in [-0.25, -0.2) is 14.8 Å². The maximum atomic E-state index is 12.3. The van der Waals surface area contributed by atoms with E-state index in [1.54, 1.807) is 37.3 Å². The second-order valence-electron chi connectivity index (χ2n) is 5.47. The molecule has 1 amide bonds. The minimum Gasteiger partial charge on any atom is -0.462 e. The molecule has 132 valence electrons. The lowest BCUT2D eigenvalue weighted by atomic mass is 10.2. The standard InChI is InChI=1S/C18H22N4O3/c1-4-12(3)20-18-19-11-10-15(22-18)16(23)21-14-8-6-13(7-9-14)17(24)25-5-2/h6-12H,4-5H2,1-3H3,(H,21,23)(H,19,20,22). The molecule has 1 unspecified atom stereocenters. The number of carbonyl (C=O) groups is 2. The molecule has 1 aromatic heterocycles. The third kappa shape index (κ3) is 5.27. The molecule has 1 atom stereocenters. The number of esters is 1. The Morgan fingerprint density at radius 1 is 1.16 bits per heavy atom. The zero-order valence-electron chi connectivity index (χ0n) is 14.6. The highest BCUT2D eigenvalue weighted by Crippen LogP contribution is 2.12. The van der Waals surface area contributed by atoms with Gasteiger partial charge in [0.1, 0.15) is 5.69 Å². The first-order valence-electron chi connectivity index (χ1n) is 8.21. The Labute approximate surface area is 146 Å². The molecule has 0 spiro atoms. The van der Waals surface area contributed by atoms with Gasteiger partial charge in [-0.3, -0.25) is 4.79 Å². The summed E-state index contributed by atoms with van der Waals surface area (Å²) in [5, 5.41) is 5.87. The van der Waals surface area contributed by atoms with E-state index in [0.29, 0.717) is 23.8 Å². The predicted molar refractivity (Wildman–Crippen MR) is 95.8 cm³/mol. The highest BCUT2D eigenvalue weighted by atomic mass is 16.5. The Morgan fingerprint density at radius 2 is 1.88 bits per heavy atom. The van der Waals surface area contributed by atoms with Gasteiger partial charge >= 0.3 is 5.97 Å². The summed E-state index contributed by atoms with van der Waals surface area (Å²) in [6.07, 6.45) is 2.46. The largest absolute Gasteiger partial charge is 0.462 e. The fourth-order valence-electron chi connectivity index (χ4n) is 1.98. The average molecular weight is 342 g/mol. The van der Waals surface area contributed by atoms with Crippen LogP contribution in [0, 0.1) is 0 Å². The number of nitrogens with zero attached hydrogens (tertiary/aromatic N) is 2. The molecule has 7 nitrogen and oxygen atoms in total. The van der Waals surface area contributed by atoms with E-state index in [-0.39, 0.29) is 17.6 Å². The van der Waals surface area contributed by atoms with Gasteiger partial charge in [-0.2, -0.15) is 0 Å². The third-order valence-corrected chi connectivity index (χ3v) is 3.53. The Hall–Kier alpha value is -2.96. The van der Waals surface area contributed by atoms with E-state index >= 15 is 0 Å². The number of ether oxygens (including phenoxy) is 1. The monoisotopic (exact) mass is 342 g/mol. The molecule has 2 rings (SSSR count). The van der Waals surface area contributed by atoms with Crippen molar-refractivity contribution >= 4 is 23.5 Å². The number of aromatic nitrogens is 2. The summed E-state index contributed by atoms with van der Waals surface area (Å²) in [5.74, 6) is -0.324. The van der Waals surface area contributed by atoms with E-state index in [1.165, 1.54) is 6.20 Å². The zero-order chi connectivity index (χ0) is 18.2. The number of rotatable bonds is 7. The van der Waals surface area contributed by atoms with E-state index < -0.39 is 5.97 Å². The first-order valence-corrected chi connectivity index (χ1v) is 8.21. The van der Waals surface area contributed by atoms with Crippen LogP contribution in [-0.2, 0) is 4.74 Å². The highest BCUT2D eigenvalue weighted by Gasteiger charge is 2.11. The smallest absolute Gasteiger partial charge is 0.338 e. The molecule has 2 aromatic rings. The molecule has 0 aliphatic rings. The summed E-state index contributed by atoms with van der Waals surface area (Å²) >= 11 is 0. The molecule has 1 aromatic carbocycles. The molecular weight excluding hydrogens is 320 g/mol. The van der Waals surface area contributed by atoms with Crippen LogP contribution in [0.4, 0.5) is 11.6 Å². The van der Waals surface area contributed by atoms with Crippen LogP contribution in [0.2, 0.25) is 0 Å². The number of hydrogen-bond donors (Lipinski definition) is 2. The van der Waals surface area contributed by atoms with Gasteiger partial charge in [0.25, 0.3) is 5.91 Å². The predicted octanol–water partition coefficient (Wildman–Crippen LogP) is 3.12. The minimum atomic E-state index is -0.392. The van der Waals surface area contributed by atoms with Crippen LogP contribution in [0.5, 0.6) is 0 Å². The Balaban J connectivity index is 2.04. The maximum Gasteiger partial charge on any atom is 0.338 e. The third-order valence-electron chi connectivity index (χ3n) is 3.53. The van der Waals surface area contributed by atoms with E-state index in [4.69, 9.17) is 4.74 Å². The van der Waals surface area contributed by atoms with Crippen molar-refractivity contribution in [2.45, 2.75) is 33.2 Å². The van der Waals surface area contributed by atoms with Crippen LogP contribution in [-0.4, -0.2) is 34.5 Å². The second kappa shape index (κ2) is 8.77. The van der Waals surface area contributed by atoms with Crippen molar-refractivity contribution in [3.8, 4) is 0 Å². The van der Waals surface area contributed by atoms with Gasteiger partial charge in [-0.1, -0.05) is 6.92 Å². The molecule has 1 heterocycles. The van der Waals surface area contributed by atoms with Gasteiger partial charge in [0, 0.05) is 17.9 Å². The van der Waals surface area contributed by atoms with Crippen LogP contribution in [0.25, 0.3) is 0 Å². The van der Waals surface area contributed by atoms with Gasteiger partial charge < -0.3 is 15.4 Å². The van der Waals surface area contributed by atoms with Crippen molar-refractivity contribution in [1.29, 1.82) is 0 Å². The molecular formula is C18H22N4O3. The quantitative estimate of drug-likeness (QED) is 0.751. The van der Waals surface area contributed by atoms with E-state index in [1.807, 2.05) is 13.8 Å². The van der Waals surface area contributed by atoms with Crippen molar-refractivity contribution in [2.24, 2.45) is 0 Å². The first-order chi connectivity index (χ1) is 12.0. The molecule has 0 aliphatic carbocycles. The molecule has 0 aliphatic heterocycles. The number of benzene rings is 1. The maximum absolute atomic E-state index is 12.3. The van der Waals surface area contributed by atoms with Crippen LogP contribution in [0.1, 0.15) is 48.0 Å². The molecule has 0 radical (unpaired) electrons. The summed E-state index contributed by atoms with van der Waals surface area (Å²) < 4.78 is 4.92. The topological polar surface area (TPSA) is 93.2 Å². The van der Waals surface area contributed by atoms with Crippen molar-refractivity contribution in [3.05, 3.63) is 47.8 Å². The summed E-state index contributed by atoms with van der Waals surface area (Å²) in [5.41, 5.74) is 1.25. The lowest BCUT2D eigenvalue weighted by molar-refractivity contribution is 0.0526. The minimum absolute atomic E-state index is 0.216. The van der Waals surface area contributed by atoms with Crippen molar-refractivity contribution < 1.29 is 14.3 Å². The Morgan fingerprint density at radius 3 is 2.52 bits per heavy atom. The number of amides is 1. The number of nitrogens with one attached hydrogen (secondary N) is 2. The molecule has 7 heteroatoms. The highest BCUT2D eigenvalue weighted by molar-refractivity contribution is 6.03. The molecule has 2 N–H and O–H groups in total. The van der Waals surface area contributed by atoms with Crippen molar-refractivity contribution in [3.63, 3.8) is 0 Å². The van der Waals surface area contributed by atoms with E-state index in [9.17, 15) is 9.59 Å². The normalized spacial score (nSPS) is 11.5. The summed E-state index contributed by atoms with van der Waals surface area (Å²) in [6.45, 7) is 6.13. The van der Waals surface area contributed by atoms with Crippen molar-refractivity contribution in [2.75, 3.05) is 17.2 Å². The first kappa shape index (κ1) is 18.4. The SMILES string of the molecule is CCOC(=O)c1ccc(NC(=O)c2ccnc(NC(C)CC)n2)cc1. The van der Waals surface area contributed by atoms with Gasteiger partial charge in [-0.15, -0.1) is 0 Å². The Kier molecular flexibility index (Phi) is 6.45. The van der Waals surface area contributed by atoms with Gasteiger partial charge in [0.2, 0.25) is 5.95 Å². The summed E-state index contributed by atoms with van der Waals surface area (Å²) in [4.78, 5) is 32.3. The summed E-state index contributed by atoms with van der Waals surface area (Å²) in [6, 6.07) is 8.25. The molecule has 0 saturated heterocycles. The van der Waals surface area contributed by atoms with Crippen LogP contribution in [0.3, 0.4) is 0 Å². The van der Waals surface area contributed by atoms with Gasteiger partial charge in [-0.05, 0) is 50.6 Å². The number of carbonyl (C=O) groups excluding carboxylic acids is 2. The molecule has 0 bridgehead atoms. The Bertz CT molecular complexity index is 731. The van der Waals surface area contributed by atoms with E-state index in [2.05, 4.69) is 20.6 Å². The molecule has 25 heavy (non-hydrogen) atoms. The lowest BCUT2D eigenvalue weighted by Gasteiger charge is -2.11. The van der Waals surface area contributed by atoms with Crippen LogP contribution < -0.4 is 10.6 Å². The van der Waals surface area contributed by atoms with Crippen molar-refractivity contribution in [1.82, 2.24) is 9.97 Å². The van der Waals surface area contributed by atoms with Gasteiger partial charge in [0.05, 0.1) is 12.2 Å².